The summed E-state index contributed by atoms with van der Waals surface area (Å²) in [5, 5.41) is 0. The van der Waals surface area contributed by atoms with Crippen molar-refractivity contribution in [2.45, 2.75) is 27.3 Å². The summed E-state index contributed by atoms with van der Waals surface area (Å²) in [5.74, 6) is 0.934. The first-order valence-electron chi connectivity index (χ1n) is 5.51. The van der Waals surface area contributed by atoms with Crippen molar-refractivity contribution in [3.63, 3.8) is 0 Å². The van der Waals surface area contributed by atoms with E-state index in [1.54, 1.807) is 12.4 Å². The van der Waals surface area contributed by atoms with Gasteiger partial charge in [-0.25, -0.2) is 15.0 Å². The molecule has 2 heterocycles. The monoisotopic (exact) mass is 231 g/mol. The Balaban J connectivity index is 2.58. The molecule has 0 aromatic carbocycles. The first kappa shape index (κ1) is 11.6. The Labute approximate surface area is 100 Å². The van der Waals surface area contributed by atoms with Crippen molar-refractivity contribution in [2.24, 2.45) is 5.41 Å². The summed E-state index contributed by atoms with van der Waals surface area (Å²) < 4.78 is 2.00. The van der Waals surface area contributed by atoms with Crippen LogP contribution in [0, 0.1) is 5.41 Å². The van der Waals surface area contributed by atoms with Gasteiger partial charge < -0.3 is 10.3 Å². The number of nitrogens with zero attached hydrogens (tertiary/aromatic N) is 4. The Kier molecular flexibility index (Phi) is 2.61. The first-order chi connectivity index (χ1) is 7.90. The fraction of sp³-hybridized carbons (Fsp3) is 0.417. The summed E-state index contributed by atoms with van der Waals surface area (Å²) in [6, 6.07) is 0. The lowest BCUT2D eigenvalue weighted by Crippen LogP contribution is -2.15. The largest absolute Gasteiger partial charge is 0.382 e. The number of nitrogens with two attached hydrogens (primary N) is 1. The molecule has 0 aliphatic rings. The highest BCUT2D eigenvalue weighted by Crippen LogP contribution is 2.22. The first-order valence-corrected chi connectivity index (χ1v) is 5.51. The minimum absolute atomic E-state index is 0.154. The molecule has 0 radical (unpaired) electrons. The van der Waals surface area contributed by atoms with Gasteiger partial charge in [0.05, 0.1) is 6.33 Å². The lowest BCUT2D eigenvalue weighted by atomic mass is 9.97. The molecule has 17 heavy (non-hydrogen) atoms. The molecule has 0 atom stereocenters. The normalized spacial score (nSPS) is 11.9. The molecule has 5 heteroatoms. The Morgan fingerprint density at radius 3 is 2.71 bits per heavy atom. The van der Waals surface area contributed by atoms with E-state index in [2.05, 4.69) is 42.3 Å². The number of imidazole rings is 1. The zero-order chi connectivity index (χ0) is 12.6. The van der Waals surface area contributed by atoms with Gasteiger partial charge in [-0.2, -0.15) is 0 Å². The van der Waals surface area contributed by atoms with Gasteiger partial charge in [-0.3, -0.25) is 0 Å². The van der Waals surface area contributed by atoms with Crippen LogP contribution < -0.4 is 5.73 Å². The predicted molar refractivity (Wildman–Crippen MR) is 69.3 cm³/mol. The van der Waals surface area contributed by atoms with Gasteiger partial charge in [0.1, 0.15) is 5.52 Å². The maximum atomic E-state index is 5.83. The van der Waals surface area contributed by atoms with E-state index >= 15 is 0 Å². The molecule has 0 aliphatic carbocycles. The van der Waals surface area contributed by atoms with Crippen molar-refractivity contribution in [3.05, 3.63) is 18.7 Å². The van der Waals surface area contributed by atoms with Crippen molar-refractivity contribution in [1.82, 2.24) is 19.5 Å². The summed E-state index contributed by atoms with van der Waals surface area (Å²) >= 11 is 0. The molecule has 0 saturated carbocycles. The number of hydrogen-bond acceptors (Lipinski definition) is 4. The lowest BCUT2D eigenvalue weighted by molar-refractivity contribution is 0.347. The molecule has 90 valence electrons. The molecule has 0 fully saturated rings. The van der Waals surface area contributed by atoms with E-state index in [1.165, 1.54) is 0 Å². The molecule has 0 saturated heterocycles. The van der Waals surface area contributed by atoms with E-state index in [9.17, 15) is 0 Å². The van der Waals surface area contributed by atoms with E-state index in [0.717, 1.165) is 12.2 Å². The van der Waals surface area contributed by atoms with Crippen molar-refractivity contribution in [3.8, 4) is 0 Å². The van der Waals surface area contributed by atoms with Gasteiger partial charge in [0.15, 0.2) is 17.3 Å². The minimum atomic E-state index is 0.154. The fourth-order valence-corrected chi connectivity index (χ4v) is 1.70. The maximum Gasteiger partial charge on any atom is 0.166 e. The third kappa shape index (κ3) is 2.27. The number of anilines is 1. The molecule has 0 aliphatic heterocycles. The van der Waals surface area contributed by atoms with Gasteiger partial charge in [0.2, 0.25) is 0 Å². The van der Waals surface area contributed by atoms with Gasteiger partial charge >= 0.3 is 0 Å². The second-order valence-electron chi connectivity index (χ2n) is 5.28. The van der Waals surface area contributed by atoms with Crippen LogP contribution in [0.5, 0.6) is 0 Å². The second kappa shape index (κ2) is 3.84. The summed E-state index contributed by atoms with van der Waals surface area (Å²) in [5.41, 5.74) is 7.41. The van der Waals surface area contributed by atoms with E-state index in [0.29, 0.717) is 17.2 Å². The second-order valence-corrected chi connectivity index (χ2v) is 5.28. The SMILES string of the molecule is C=Cc1nc(N)c2ncn(CC(C)(C)C)c2n1. The molecule has 0 bridgehead atoms. The van der Waals surface area contributed by atoms with E-state index in [1.807, 2.05) is 4.57 Å². The average Bonchev–Trinajstić information content (AvgIpc) is 2.59. The predicted octanol–water partition coefficient (Wildman–Crippen LogP) is 2.10. The van der Waals surface area contributed by atoms with Crippen LogP contribution in [0.2, 0.25) is 0 Å². The van der Waals surface area contributed by atoms with Crippen LogP contribution in [0.3, 0.4) is 0 Å². The lowest BCUT2D eigenvalue weighted by Gasteiger charge is -2.18. The molecule has 2 N–H and O–H groups in total. The molecule has 2 rings (SSSR count). The standard InChI is InChI=1S/C12H17N5/c1-5-8-15-10(13)9-11(16-8)17(7-14-9)6-12(2,3)4/h5,7H,1,6H2,2-4H3,(H2,13,15,16). The number of aromatic nitrogens is 4. The maximum absolute atomic E-state index is 5.83. The number of hydrogen-bond donors (Lipinski definition) is 1. The minimum Gasteiger partial charge on any atom is -0.382 e. The Hall–Kier alpha value is -1.91. The molecule has 0 unspecified atom stereocenters. The van der Waals surface area contributed by atoms with Gasteiger partial charge in [-0.1, -0.05) is 27.4 Å². The van der Waals surface area contributed by atoms with Crippen LogP contribution in [-0.2, 0) is 6.54 Å². The molecular formula is C12H17N5. The van der Waals surface area contributed by atoms with Crippen LogP contribution in [-0.4, -0.2) is 19.5 Å². The zero-order valence-corrected chi connectivity index (χ0v) is 10.4. The Bertz CT molecular complexity index is 562. The molecule has 0 amide bonds. The van der Waals surface area contributed by atoms with Crippen LogP contribution in [0.4, 0.5) is 5.82 Å². The average molecular weight is 231 g/mol. The smallest absolute Gasteiger partial charge is 0.166 e. The molecule has 0 spiro atoms. The highest BCUT2D eigenvalue weighted by molar-refractivity contribution is 5.82. The number of rotatable bonds is 2. The summed E-state index contributed by atoms with van der Waals surface area (Å²) in [6.45, 7) is 11.0. The van der Waals surface area contributed by atoms with Gasteiger partial charge in [0.25, 0.3) is 0 Å². The van der Waals surface area contributed by atoms with Crippen molar-refractivity contribution < 1.29 is 0 Å². The van der Waals surface area contributed by atoms with E-state index in [4.69, 9.17) is 5.73 Å². The van der Waals surface area contributed by atoms with Crippen LogP contribution in [0.1, 0.15) is 26.6 Å². The molecule has 2 aromatic heterocycles. The van der Waals surface area contributed by atoms with Crippen LogP contribution >= 0.6 is 0 Å². The summed E-state index contributed by atoms with van der Waals surface area (Å²) in [4.78, 5) is 12.7. The summed E-state index contributed by atoms with van der Waals surface area (Å²) in [7, 11) is 0. The molecule has 5 nitrogen and oxygen atoms in total. The topological polar surface area (TPSA) is 69.6 Å². The fourth-order valence-electron chi connectivity index (χ4n) is 1.70. The Morgan fingerprint density at radius 1 is 1.41 bits per heavy atom. The number of fused-ring (bicyclic) bond motifs is 1. The highest BCUT2D eigenvalue weighted by atomic mass is 15.1. The zero-order valence-electron chi connectivity index (χ0n) is 10.4. The molecule has 2 aromatic rings. The van der Waals surface area contributed by atoms with Crippen LogP contribution in [0.15, 0.2) is 12.9 Å². The molecular weight excluding hydrogens is 214 g/mol. The van der Waals surface area contributed by atoms with Crippen molar-refractivity contribution >= 4 is 23.1 Å². The van der Waals surface area contributed by atoms with Gasteiger partial charge in [0, 0.05) is 6.54 Å². The third-order valence-corrected chi connectivity index (χ3v) is 2.34. The quantitative estimate of drug-likeness (QED) is 0.859. The van der Waals surface area contributed by atoms with E-state index in [-0.39, 0.29) is 5.41 Å². The highest BCUT2D eigenvalue weighted by Gasteiger charge is 2.15. The number of nitrogen functional groups attached to an aromatic ring is 1. The van der Waals surface area contributed by atoms with E-state index < -0.39 is 0 Å². The van der Waals surface area contributed by atoms with Crippen molar-refractivity contribution in [1.29, 1.82) is 0 Å². The van der Waals surface area contributed by atoms with Crippen molar-refractivity contribution in [2.75, 3.05) is 5.73 Å². The third-order valence-electron chi connectivity index (χ3n) is 2.34. The van der Waals surface area contributed by atoms with Gasteiger partial charge in [-0.05, 0) is 11.5 Å². The van der Waals surface area contributed by atoms with Gasteiger partial charge in [-0.15, -0.1) is 0 Å². The Morgan fingerprint density at radius 2 is 2.12 bits per heavy atom. The van der Waals surface area contributed by atoms with Crippen LogP contribution in [0.25, 0.3) is 17.2 Å². The summed E-state index contributed by atoms with van der Waals surface area (Å²) in [6.07, 6.45) is 3.35.